The molecule has 6 heteroatoms. The molecule has 0 radical (unpaired) electrons. The van der Waals surface area contributed by atoms with E-state index < -0.39 is 12.1 Å². The van der Waals surface area contributed by atoms with Crippen LogP contribution in [0.4, 0.5) is 0 Å². The fourth-order valence-electron chi connectivity index (χ4n) is 6.45. The topological polar surface area (TPSA) is 95.9 Å². The van der Waals surface area contributed by atoms with E-state index in [1.807, 2.05) is 6.08 Å². The monoisotopic (exact) mass is 694 g/mol. The summed E-state index contributed by atoms with van der Waals surface area (Å²) in [6.45, 7) is 4.82. The van der Waals surface area contributed by atoms with Crippen molar-refractivity contribution in [2.24, 2.45) is 0 Å². The lowest BCUT2D eigenvalue weighted by atomic mass is 10.0. The van der Waals surface area contributed by atoms with Gasteiger partial charge in [0.05, 0.1) is 25.4 Å². The van der Waals surface area contributed by atoms with Gasteiger partial charge in [0.1, 0.15) is 0 Å². The summed E-state index contributed by atoms with van der Waals surface area (Å²) >= 11 is 0. The summed E-state index contributed by atoms with van der Waals surface area (Å²) in [5, 5.41) is 22.8. The van der Waals surface area contributed by atoms with Crippen LogP contribution in [0.3, 0.4) is 0 Å². The number of esters is 1. The highest BCUT2D eigenvalue weighted by molar-refractivity contribution is 5.76. The van der Waals surface area contributed by atoms with Crippen molar-refractivity contribution < 1.29 is 24.5 Å². The molecule has 49 heavy (non-hydrogen) atoms. The van der Waals surface area contributed by atoms with Crippen molar-refractivity contribution in [2.45, 2.75) is 238 Å². The van der Waals surface area contributed by atoms with E-state index in [4.69, 9.17) is 4.74 Å². The van der Waals surface area contributed by atoms with Gasteiger partial charge in [-0.3, -0.25) is 9.59 Å². The highest BCUT2D eigenvalue weighted by Crippen LogP contribution is 2.14. The Hall–Kier alpha value is -1.40. The third-order valence-corrected chi connectivity index (χ3v) is 9.81. The van der Waals surface area contributed by atoms with Gasteiger partial charge in [-0.15, -0.1) is 0 Å². The first-order valence-electron chi connectivity index (χ1n) is 21.5. The average molecular weight is 694 g/mol. The van der Waals surface area contributed by atoms with E-state index in [0.717, 1.165) is 57.8 Å². The van der Waals surface area contributed by atoms with Gasteiger partial charge in [0.15, 0.2) is 0 Å². The third-order valence-electron chi connectivity index (χ3n) is 9.81. The molecular formula is C43H83NO5. The molecule has 0 heterocycles. The fraction of sp³-hybridized carbons (Fsp3) is 0.907. The predicted molar refractivity (Wildman–Crippen MR) is 209 cm³/mol. The summed E-state index contributed by atoms with van der Waals surface area (Å²) in [7, 11) is 0. The Balaban J connectivity index is 3.50. The minimum atomic E-state index is -0.852. The highest BCUT2D eigenvalue weighted by Gasteiger charge is 2.18. The minimum Gasteiger partial charge on any atom is -0.466 e. The van der Waals surface area contributed by atoms with Crippen molar-refractivity contribution in [2.75, 3.05) is 13.2 Å². The van der Waals surface area contributed by atoms with Crippen molar-refractivity contribution in [3.8, 4) is 0 Å². The van der Waals surface area contributed by atoms with E-state index in [2.05, 4.69) is 19.2 Å². The Labute approximate surface area is 304 Å². The number of unbranched alkanes of at least 4 members (excludes halogenated alkanes) is 28. The van der Waals surface area contributed by atoms with Crippen molar-refractivity contribution in [3.05, 3.63) is 12.2 Å². The van der Waals surface area contributed by atoms with Crippen LogP contribution < -0.4 is 5.32 Å². The minimum absolute atomic E-state index is 0.0167. The van der Waals surface area contributed by atoms with Gasteiger partial charge in [-0.25, -0.2) is 0 Å². The summed E-state index contributed by atoms with van der Waals surface area (Å²) in [6, 6.07) is -0.638. The summed E-state index contributed by atoms with van der Waals surface area (Å²) in [4.78, 5) is 24.3. The van der Waals surface area contributed by atoms with Crippen LogP contribution in [0.15, 0.2) is 12.2 Å². The van der Waals surface area contributed by atoms with E-state index in [9.17, 15) is 19.8 Å². The molecule has 0 rings (SSSR count). The largest absolute Gasteiger partial charge is 0.466 e. The third kappa shape index (κ3) is 36.2. The molecule has 0 saturated carbocycles. The molecule has 0 aromatic rings. The number of carbonyl (C=O) groups is 2. The number of rotatable bonds is 39. The summed E-state index contributed by atoms with van der Waals surface area (Å²) in [5.74, 6) is -0.106. The predicted octanol–water partition coefficient (Wildman–Crippen LogP) is 11.8. The molecule has 0 aliphatic carbocycles. The van der Waals surface area contributed by atoms with Gasteiger partial charge in [-0.05, 0) is 32.1 Å². The van der Waals surface area contributed by atoms with Crippen LogP contribution >= 0.6 is 0 Å². The van der Waals surface area contributed by atoms with Gasteiger partial charge in [0, 0.05) is 12.8 Å². The summed E-state index contributed by atoms with van der Waals surface area (Å²) in [5.41, 5.74) is 0. The number of ether oxygens (including phenoxy) is 1. The molecule has 0 bridgehead atoms. The zero-order valence-corrected chi connectivity index (χ0v) is 32.7. The fourth-order valence-corrected chi connectivity index (χ4v) is 6.45. The zero-order chi connectivity index (χ0) is 35.9. The molecular weight excluding hydrogens is 610 g/mol. The molecule has 1 amide bonds. The molecule has 2 atom stereocenters. The smallest absolute Gasteiger partial charge is 0.305 e. The van der Waals surface area contributed by atoms with Crippen LogP contribution in [0, 0.1) is 0 Å². The maximum Gasteiger partial charge on any atom is 0.305 e. The Kier molecular flexibility index (Phi) is 38.3. The molecule has 0 spiro atoms. The molecule has 6 nitrogen and oxygen atoms in total. The van der Waals surface area contributed by atoms with Gasteiger partial charge < -0.3 is 20.3 Å². The molecule has 0 fully saturated rings. The molecule has 0 aliphatic rings. The Morgan fingerprint density at radius 3 is 1.39 bits per heavy atom. The molecule has 3 N–H and O–H groups in total. The Bertz CT molecular complexity index is 727. The average Bonchev–Trinajstić information content (AvgIpc) is 3.10. The van der Waals surface area contributed by atoms with Gasteiger partial charge in [0.2, 0.25) is 5.91 Å². The SMILES string of the molecule is CCCCCCCCCC/C=C/C(O)C(CO)NC(=O)CCCCCCCCCCCCCOC(=O)CCCCCCCCCCCCC. The summed E-state index contributed by atoms with van der Waals surface area (Å²) < 4.78 is 5.42. The van der Waals surface area contributed by atoms with Gasteiger partial charge in [0.25, 0.3) is 0 Å². The Morgan fingerprint density at radius 1 is 0.551 bits per heavy atom. The van der Waals surface area contributed by atoms with Crippen LogP contribution in [-0.2, 0) is 14.3 Å². The molecule has 0 saturated heterocycles. The quantitative estimate of drug-likeness (QED) is 0.0338. The lowest BCUT2D eigenvalue weighted by Gasteiger charge is -2.20. The number of carbonyl (C=O) groups excluding carboxylic acids is 2. The van der Waals surface area contributed by atoms with E-state index in [0.29, 0.717) is 19.4 Å². The first-order chi connectivity index (χ1) is 24.0. The summed E-state index contributed by atoms with van der Waals surface area (Å²) in [6.07, 6.45) is 41.9. The molecule has 290 valence electrons. The van der Waals surface area contributed by atoms with Crippen LogP contribution in [0.1, 0.15) is 226 Å². The van der Waals surface area contributed by atoms with Crippen LogP contribution in [-0.4, -0.2) is 47.4 Å². The highest BCUT2D eigenvalue weighted by atomic mass is 16.5. The van der Waals surface area contributed by atoms with E-state index in [-0.39, 0.29) is 18.5 Å². The molecule has 0 aliphatic heterocycles. The van der Waals surface area contributed by atoms with Crippen LogP contribution in [0.25, 0.3) is 0 Å². The normalized spacial score (nSPS) is 12.8. The molecule has 0 aromatic heterocycles. The second kappa shape index (κ2) is 39.4. The van der Waals surface area contributed by atoms with Gasteiger partial charge in [-0.1, -0.05) is 193 Å². The first-order valence-corrected chi connectivity index (χ1v) is 21.5. The maximum absolute atomic E-state index is 12.3. The second-order valence-corrected chi connectivity index (χ2v) is 14.7. The standard InChI is InChI=1S/C43H83NO5/c1-3-5-7-9-11-13-16-21-25-29-33-37-43(48)49-38-34-30-26-22-18-15-17-20-24-28-32-36-42(47)44-40(39-45)41(46)35-31-27-23-19-14-12-10-8-6-4-2/h31,35,40-41,45-46H,3-30,32-34,36-39H2,1-2H3,(H,44,47)/b35-31+. The number of allylic oxidation sites excluding steroid dienone is 1. The van der Waals surface area contributed by atoms with Crippen molar-refractivity contribution in [3.63, 3.8) is 0 Å². The molecule has 0 aromatic carbocycles. The number of aliphatic hydroxyl groups excluding tert-OH is 2. The van der Waals surface area contributed by atoms with Crippen LogP contribution in [0.2, 0.25) is 0 Å². The Morgan fingerprint density at radius 2 is 0.939 bits per heavy atom. The zero-order valence-electron chi connectivity index (χ0n) is 32.7. The van der Waals surface area contributed by atoms with E-state index >= 15 is 0 Å². The van der Waals surface area contributed by atoms with E-state index in [1.165, 1.54) is 141 Å². The maximum atomic E-state index is 12.3. The van der Waals surface area contributed by atoms with Crippen molar-refractivity contribution >= 4 is 11.9 Å². The number of hydrogen-bond acceptors (Lipinski definition) is 5. The number of nitrogens with one attached hydrogen (secondary N) is 1. The number of amides is 1. The number of hydrogen-bond donors (Lipinski definition) is 3. The molecule has 2 unspecified atom stereocenters. The lowest BCUT2D eigenvalue weighted by Crippen LogP contribution is -2.45. The van der Waals surface area contributed by atoms with E-state index in [1.54, 1.807) is 6.08 Å². The lowest BCUT2D eigenvalue weighted by molar-refractivity contribution is -0.143. The van der Waals surface area contributed by atoms with Gasteiger partial charge in [-0.2, -0.15) is 0 Å². The van der Waals surface area contributed by atoms with Crippen LogP contribution in [0.5, 0.6) is 0 Å². The van der Waals surface area contributed by atoms with Gasteiger partial charge >= 0.3 is 5.97 Å². The number of aliphatic hydroxyl groups is 2. The van der Waals surface area contributed by atoms with Crippen molar-refractivity contribution in [1.29, 1.82) is 0 Å². The van der Waals surface area contributed by atoms with Crippen molar-refractivity contribution in [1.82, 2.24) is 5.32 Å². The first kappa shape index (κ1) is 47.6. The second-order valence-electron chi connectivity index (χ2n) is 14.7.